The van der Waals surface area contributed by atoms with Crippen molar-refractivity contribution in [3.8, 4) is 0 Å². The van der Waals surface area contributed by atoms with Crippen LogP contribution in [0.15, 0.2) is 48.5 Å². The van der Waals surface area contributed by atoms with E-state index < -0.39 is 16.1 Å². The Hall–Kier alpha value is 0.438. The van der Waals surface area contributed by atoms with Crippen LogP contribution in [0, 0.1) is 29.7 Å². The molecule has 2 rings (SSSR count). The van der Waals surface area contributed by atoms with E-state index in [1.165, 1.54) is 23.2 Å². The van der Waals surface area contributed by atoms with Gasteiger partial charge in [-0.2, -0.15) is 35.4 Å². The van der Waals surface area contributed by atoms with Crippen LogP contribution >= 0.6 is 0 Å². The summed E-state index contributed by atoms with van der Waals surface area (Å²) in [7, 11) is -1.72. The van der Waals surface area contributed by atoms with Crippen LogP contribution in [0.25, 0.3) is 0 Å². The molecule has 2 aromatic rings. The molecule has 0 heterocycles. The Morgan fingerprint density at radius 2 is 0.704 bits per heavy atom. The minimum atomic E-state index is -0.862. The smallest absolute Gasteiger partial charge is 0.0371 e. The summed E-state index contributed by atoms with van der Waals surface area (Å²) in [6, 6.07) is 20.0. The predicted molar refractivity (Wildman–Crippen MR) is 144 cm³/mol. The van der Waals surface area contributed by atoms with Gasteiger partial charge >= 0.3 is 0 Å². The molecule has 162 valence electrons. The zero-order chi connectivity index (χ0) is 15.2. The minimum Gasteiger partial charge on any atom is -0.358 e. The van der Waals surface area contributed by atoms with Crippen molar-refractivity contribution in [1.29, 1.82) is 0 Å². The first-order chi connectivity index (χ1) is 9.16. The monoisotopic (exact) mass is 604 g/mol. The fourth-order valence-corrected chi connectivity index (χ4v) is 5.21. The summed E-state index contributed by atoms with van der Waals surface area (Å²) in [5, 5.41) is 0. The summed E-state index contributed by atoms with van der Waals surface area (Å²) in [6.07, 6.45) is 0. The van der Waals surface area contributed by atoms with Gasteiger partial charge in [-0.3, -0.25) is 0 Å². The Kier molecular flexibility index (Phi) is 36.0. The van der Waals surface area contributed by atoms with Crippen LogP contribution in [0.2, 0.25) is 39.3 Å². The molecule has 0 bridgehead atoms. The molecule has 2 aromatic carbocycles. The maximum Gasteiger partial charge on any atom is 0.0371 e. The van der Waals surface area contributed by atoms with Crippen LogP contribution in [0.1, 0.15) is 11.1 Å². The van der Waals surface area contributed by atoms with Gasteiger partial charge in [0.2, 0.25) is 0 Å². The molecule has 0 fully saturated rings. The van der Waals surface area contributed by atoms with Gasteiger partial charge in [0.1, 0.15) is 0 Å². The molecule has 0 atom stereocenters. The second-order valence-electron chi connectivity index (χ2n) is 8.06. The van der Waals surface area contributed by atoms with Crippen molar-refractivity contribution in [2.24, 2.45) is 0 Å². The zero-order valence-electron chi connectivity index (χ0n) is 20.5. The topological polar surface area (TPSA) is 0 Å². The third kappa shape index (κ3) is 26.4. The molecule has 5 heteroatoms. The quantitative estimate of drug-likeness (QED) is 0.338. The maximum atomic E-state index is 2.40. The van der Waals surface area contributed by atoms with E-state index in [0.717, 1.165) is 0 Å². The Labute approximate surface area is 203 Å². The van der Waals surface area contributed by atoms with E-state index in [9.17, 15) is 0 Å². The maximum absolute atomic E-state index is 2.40. The number of hydrogen-bond acceptors (Lipinski definition) is 0. The summed E-state index contributed by atoms with van der Waals surface area (Å²) in [6.45, 7) is 14.4. The van der Waals surface area contributed by atoms with E-state index in [-0.39, 0.29) is 77.5 Å². The van der Waals surface area contributed by atoms with Crippen molar-refractivity contribution in [2.45, 2.75) is 51.4 Å². The molecular weight excluding hydrogens is 555 g/mol. The fourth-order valence-electron chi connectivity index (χ4n) is 2.29. The molecule has 0 unspecified atom stereocenters. The molecule has 0 spiro atoms. The molecular formula is C22H48HfSi4-6. The molecule has 0 nitrogen and oxygen atoms in total. The van der Waals surface area contributed by atoms with Gasteiger partial charge in [0, 0.05) is 42.0 Å². The summed E-state index contributed by atoms with van der Waals surface area (Å²) < 4.78 is 0. The van der Waals surface area contributed by atoms with Crippen LogP contribution in [-0.2, 0) is 37.9 Å². The summed E-state index contributed by atoms with van der Waals surface area (Å²) in [5.41, 5.74) is 3.03. The third-order valence-corrected chi connectivity index (χ3v) is 5.87. The van der Waals surface area contributed by atoms with Gasteiger partial charge in [-0.05, 0) is 21.9 Å². The molecule has 27 heavy (non-hydrogen) atoms. The van der Waals surface area contributed by atoms with Crippen molar-refractivity contribution in [3.63, 3.8) is 0 Å². The van der Waals surface area contributed by atoms with E-state index in [1.54, 1.807) is 0 Å². The number of hydrogen-bond donors (Lipinski definition) is 0. The van der Waals surface area contributed by atoms with Crippen LogP contribution < -0.4 is 0 Å². The van der Waals surface area contributed by atoms with E-state index in [1.807, 2.05) is 0 Å². The van der Waals surface area contributed by atoms with E-state index in [0.29, 0.717) is 0 Å². The van der Waals surface area contributed by atoms with Crippen molar-refractivity contribution >= 4 is 38.1 Å². The summed E-state index contributed by atoms with van der Waals surface area (Å²) >= 11 is 0. The van der Waals surface area contributed by atoms with Gasteiger partial charge in [-0.25, -0.2) is 24.3 Å². The predicted octanol–water partition coefficient (Wildman–Crippen LogP) is 5.08. The average Bonchev–Trinajstić information content (AvgIpc) is 2.87. The van der Waals surface area contributed by atoms with Crippen molar-refractivity contribution in [1.82, 2.24) is 0 Å². The van der Waals surface area contributed by atoms with Crippen molar-refractivity contribution in [3.05, 3.63) is 89.4 Å². The molecule has 0 aliphatic rings. The van der Waals surface area contributed by atoms with Gasteiger partial charge in [0.05, 0.1) is 0 Å². The van der Waals surface area contributed by atoms with Crippen LogP contribution in [0.4, 0.5) is 0 Å². The first kappa shape index (κ1) is 45.9. The Bertz CT molecular complexity index is 417. The average molecular weight is 603 g/mol. The van der Waals surface area contributed by atoms with Crippen LogP contribution in [0.5, 0.6) is 0 Å². The molecule has 2 radical (unpaired) electrons. The van der Waals surface area contributed by atoms with Crippen LogP contribution in [0.3, 0.4) is 0 Å². The second-order valence-corrected chi connectivity index (χ2v) is 19.0. The van der Waals surface area contributed by atoms with Gasteiger partial charge in [-0.15, -0.1) is 0 Å². The number of rotatable bonds is 4. The largest absolute Gasteiger partial charge is 0.358 e. The van der Waals surface area contributed by atoms with Gasteiger partial charge in [0.25, 0.3) is 0 Å². The van der Waals surface area contributed by atoms with Gasteiger partial charge in [0.15, 0.2) is 0 Å². The van der Waals surface area contributed by atoms with E-state index in [4.69, 9.17) is 0 Å². The Morgan fingerprint density at radius 1 is 0.519 bits per heavy atom. The third-order valence-electron chi connectivity index (χ3n) is 2.93. The molecule has 0 amide bonds. The Morgan fingerprint density at radius 3 is 0.852 bits per heavy atom. The SMILES string of the molecule is C[Si](C)(C)C[c-]1cccc1.C[Si](C)(C)C[c-]1cccc1.[CH3-].[CH3-].[CH3-].[CH3-].[Hf].[SiH3].[SiH3]. The second kappa shape index (κ2) is 21.2. The molecule has 0 saturated carbocycles. The van der Waals surface area contributed by atoms with E-state index >= 15 is 0 Å². The molecule has 0 aliphatic carbocycles. The Balaban J connectivity index is -0.0000000471. The molecule has 0 saturated heterocycles. The summed E-state index contributed by atoms with van der Waals surface area (Å²) in [4.78, 5) is 0. The van der Waals surface area contributed by atoms with Crippen LogP contribution in [-0.4, -0.2) is 38.1 Å². The van der Waals surface area contributed by atoms with Gasteiger partial charge in [-0.1, -0.05) is 51.4 Å². The standard InChI is InChI=1S/2C9H15Si.4CH3.Hf.2H3Si/c2*1-10(2,3)8-9-6-4-5-7-9;;;;;;;/h2*4-7H,8H2,1-3H3;4*1H3;;2*1H3/q6*-1;;;. The normalized spacial score (nSPS) is 8.81. The zero-order valence-corrected chi connectivity index (χ0v) is 30.1. The van der Waals surface area contributed by atoms with Crippen molar-refractivity contribution < 1.29 is 25.8 Å². The molecule has 0 N–H and O–H groups in total. The minimum absolute atomic E-state index is 0. The van der Waals surface area contributed by atoms with Crippen molar-refractivity contribution in [2.75, 3.05) is 0 Å². The first-order valence-corrected chi connectivity index (χ1v) is 15.0. The van der Waals surface area contributed by atoms with E-state index in [2.05, 4.69) is 87.8 Å². The van der Waals surface area contributed by atoms with Gasteiger partial charge < -0.3 is 29.7 Å². The summed E-state index contributed by atoms with van der Waals surface area (Å²) in [5.74, 6) is 0. The molecule has 0 aromatic heterocycles. The first-order valence-electron chi connectivity index (χ1n) is 7.57. The molecule has 0 aliphatic heterocycles. The fraction of sp³-hybridized carbons (Fsp3) is 0.364.